The van der Waals surface area contributed by atoms with E-state index in [1.165, 1.54) is 0 Å². The van der Waals surface area contributed by atoms with Crippen molar-refractivity contribution >= 4 is 15.8 Å². The molecular weight excluding hydrogens is 240 g/mol. The van der Waals surface area contributed by atoms with E-state index in [4.69, 9.17) is 4.74 Å². The van der Waals surface area contributed by atoms with E-state index in [9.17, 15) is 13.2 Å². The molecule has 0 spiro atoms. The van der Waals surface area contributed by atoms with Crippen LogP contribution in [-0.2, 0) is 19.4 Å². The molecule has 4 nitrogen and oxygen atoms in total. The number of hydrogen-bond acceptors (Lipinski definition) is 4. The summed E-state index contributed by atoms with van der Waals surface area (Å²) in [7, 11) is -2.98. The third-order valence-electron chi connectivity index (χ3n) is 3.27. The molecule has 1 atom stereocenters. The van der Waals surface area contributed by atoms with Crippen LogP contribution >= 0.6 is 0 Å². The Morgan fingerprint density at radius 2 is 2.12 bits per heavy atom. The van der Waals surface area contributed by atoms with E-state index in [-0.39, 0.29) is 17.5 Å². The van der Waals surface area contributed by atoms with Crippen LogP contribution in [0.15, 0.2) is 11.6 Å². The first-order valence-electron chi connectivity index (χ1n) is 6.17. The zero-order chi connectivity index (χ0) is 12.3. The van der Waals surface area contributed by atoms with Crippen molar-refractivity contribution in [3.8, 4) is 0 Å². The van der Waals surface area contributed by atoms with Crippen molar-refractivity contribution in [2.24, 2.45) is 0 Å². The molecule has 2 rings (SSSR count). The van der Waals surface area contributed by atoms with Crippen LogP contribution in [0.25, 0.3) is 0 Å². The highest BCUT2D eigenvalue weighted by Crippen LogP contribution is 2.21. The zero-order valence-corrected chi connectivity index (χ0v) is 10.7. The van der Waals surface area contributed by atoms with Gasteiger partial charge < -0.3 is 4.74 Å². The normalized spacial score (nSPS) is 28.2. The van der Waals surface area contributed by atoms with E-state index in [2.05, 4.69) is 0 Å². The molecule has 0 saturated carbocycles. The van der Waals surface area contributed by atoms with Crippen molar-refractivity contribution in [3.63, 3.8) is 0 Å². The lowest BCUT2D eigenvalue weighted by Crippen LogP contribution is -2.20. The predicted octanol–water partition coefficient (Wildman–Crippen LogP) is 1.61. The number of carbonyl (C=O) groups is 1. The summed E-state index contributed by atoms with van der Waals surface area (Å²) in [5.41, 5.74) is 0.729. The summed E-state index contributed by atoms with van der Waals surface area (Å²) in [6.07, 6.45) is 6.92. The molecule has 17 heavy (non-hydrogen) atoms. The molecular formula is C12H18O4S. The maximum atomic E-state index is 11.8. The lowest BCUT2D eigenvalue weighted by Gasteiger charge is -2.11. The third-order valence-corrected chi connectivity index (χ3v) is 5.00. The molecule has 2 aliphatic rings. The van der Waals surface area contributed by atoms with E-state index in [1.54, 1.807) is 0 Å². The molecule has 0 bridgehead atoms. The van der Waals surface area contributed by atoms with Gasteiger partial charge in [-0.3, -0.25) is 0 Å². The Morgan fingerprint density at radius 3 is 2.82 bits per heavy atom. The van der Waals surface area contributed by atoms with Crippen molar-refractivity contribution in [2.75, 3.05) is 11.5 Å². The van der Waals surface area contributed by atoms with Gasteiger partial charge in [0, 0.05) is 5.57 Å². The highest BCUT2D eigenvalue weighted by molar-refractivity contribution is 7.91. The third kappa shape index (κ3) is 3.56. The standard InChI is InChI=1S/C12H18O4S/c13-12(10-5-3-1-2-4-6-10)16-11-7-8-17(14,15)9-11/h5,11H,1-4,6-9H2/t11-/m0/s1. The summed E-state index contributed by atoms with van der Waals surface area (Å²) in [5.74, 6) is -0.176. The summed E-state index contributed by atoms with van der Waals surface area (Å²) in [6.45, 7) is 0. The van der Waals surface area contributed by atoms with Gasteiger partial charge in [-0.25, -0.2) is 13.2 Å². The van der Waals surface area contributed by atoms with E-state index in [1.807, 2.05) is 6.08 Å². The van der Waals surface area contributed by atoms with Gasteiger partial charge in [-0.15, -0.1) is 0 Å². The van der Waals surface area contributed by atoms with Gasteiger partial charge in [-0.1, -0.05) is 12.5 Å². The largest absolute Gasteiger partial charge is 0.458 e. The molecule has 1 heterocycles. The van der Waals surface area contributed by atoms with E-state index in [0.29, 0.717) is 6.42 Å². The number of sulfone groups is 1. The number of allylic oxidation sites excluding steroid dienone is 1. The van der Waals surface area contributed by atoms with Crippen molar-refractivity contribution in [3.05, 3.63) is 11.6 Å². The highest BCUT2D eigenvalue weighted by Gasteiger charge is 2.31. The molecule has 96 valence electrons. The molecule has 1 saturated heterocycles. The minimum Gasteiger partial charge on any atom is -0.458 e. The van der Waals surface area contributed by atoms with E-state index < -0.39 is 15.9 Å². The monoisotopic (exact) mass is 258 g/mol. The number of carbonyl (C=O) groups excluding carboxylic acids is 1. The van der Waals surface area contributed by atoms with Gasteiger partial charge in [0.15, 0.2) is 9.84 Å². The van der Waals surface area contributed by atoms with Crippen LogP contribution in [0.5, 0.6) is 0 Å². The van der Waals surface area contributed by atoms with Crippen LogP contribution in [0.2, 0.25) is 0 Å². The molecule has 1 aliphatic heterocycles. The average molecular weight is 258 g/mol. The minimum atomic E-state index is -2.98. The first kappa shape index (κ1) is 12.6. The van der Waals surface area contributed by atoms with Crippen molar-refractivity contribution < 1.29 is 17.9 Å². The van der Waals surface area contributed by atoms with Gasteiger partial charge in [0.05, 0.1) is 11.5 Å². The number of ether oxygens (including phenoxy) is 1. The van der Waals surface area contributed by atoms with Gasteiger partial charge >= 0.3 is 5.97 Å². The van der Waals surface area contributed by atoms with Gasteiger partial charge in [-0.05, 0) is 32.1 Å². The molecule has 0 aromatic rings. The van der Waals surface area contributed by atoms with E-state index in [0.717, 1.165) is 37.7 Å². The Balaban J connectivity index is 1.91. The lowest BCUT2D eigenvalue weighted by atomic mass is 10.1. The van der Waals surface area contributed by atoms with Gasteiger partial charge in [0.2, 0.25) is 0 Å². The molecule has 1 aliphatic carbocycles. The van der Waals surface area contributed by atoms with Gasteiger partial charge in [0.1, 0.15) is 6.10 Å². The van der Waals surface area contributed by atoms with Crippen LogP contribution in [0.3, 0.4) is 0 Å². The van der Waals surface area contributed by atoms with Crippen molar-refractivity contribution in [1.29, 1.82) is 0 Å². The first-order valence-corrected chi connectivity index (χ1v) is 7.99. The number of esters is 1. The fourth-order valence-corrected chi connectivity index (χ4v) is 3.87. The SMILES string of the molecule is O=C(O[C@H]1CCS(=O)(=O)C1)C1=CCCCCC1. The molecule has 5 heteroatoms. The predicted molar refractivity (Wildman–Crippen MR) is 64.3 cm³/mol. The number of hydrogen-bond donors (Lipinski definition) is 0. The second kappa shape index (κ2) is 5.21. The zero-order valence-electron chi connectivity index (χ0n) is 9.85. The Labute approximate surface area is 102 Å². The smallest absolute Gasteiger partial charge is 0.333 e. The van der Waals surface area contributed by atoms with Crippen LogP contribution in [0.4, 0.5) is 0 Å². The summed E-state index contributed by atoms with van der Waals surface area (Å²) in [6, 6.07) is 0. The molecule has 0 N–H and O–H groups in total. The maximum absolute atomic E-state index is 11.8. The fourth-order valence-electron chi connectivity index (χ4n) is 2.28. The minimum absolute atomic E-state index is 0.00792. The molecule has 0 radical (unpaired) electrons. The number of rotatable bonds is 2. The van der Waals surface area contributed by atoms with Crippen LogP contribution in [0.1, 0.15) is 38.5 Å². The van der Waals surface area contributed by atoms with E-state index >= 15 is 0 Å². The van der Waals surface area contributed by atoms with Crippen LogP contribution in [-0.4, -0.2) is 32.0 Å². The molecule has 0 aromatic heterocycles. The second-order valence-electron chi connectivity index (χ2n) is 4.76. The van der Waals surface area contributed by atoms with Crippen molar-refractivity contribution in [2.45, 2.75) is 44.6 Å². The Morgan fingerprint density at radius 1 is 1.29 bits per heavy atom. The topological polar surface area (TPSA) is 60.4 Å². The van der Waals surface area contributed by atoms with Gasteiger partial charge in [-0.2, -0.15) is 0 Å². The Kier molecular flexibility index (Phi) is 3.86. The highest BCUT2D eigenvalue weighted by atomic mass is 32.2. The Hall–Kier alpha value is -0.840. The maximum Gasteiger partial charge on any atom is 0.333 e. The fraction of sp³-hybridized carbons (Fsp3) is 0.750. The summed E-state index contributed by atoms with van der Waals surface area (Å²) in [4.78, 5) is 11.8. The first-order chi connectivity index (χ1) is 8.07. The van der Waals surface area contributed by atoms with Gasteiger partial charge in [0.25, 0.3) is 0 Å². The molecule has 0 unspecified atom stereocenters. The summed E-state index contributed by atoms with van der Waals surface area (Å²) in [5, 5.41) is 0. The Bertz CT molecular complexity index is 422. The average Bonchev–Trinajstić information content (AvgIpc) is 2.52. The summed E-state index contributed by atoms with van der Waals surface area (Å²) < 4.78 is 27.8. The second-order valence-corrected chi connectivity index (χ2v) is 6.99. The quantitative estimate of drug-likeness (QED) is 0.706. The molecule has 1 fully saturated rings. The summed E-state index contributed by atoms with van der Waals surface area (Å²) >= 11 is 0. The van der Waals surface area contributed by atoms with Crippen LogP contribution < -0.4 is 0 Å². The lowest BCUT2D eigenvalue weighted by molar-refractivity contribution is -0.143. The molecule has 0 amide bonds. The van der Waals surface area contributed by atoms with Crippen molar-refractivity contribution in [1.82, 2.24) is 0 Å². The van der Waals surface area contributed by atoms with Crippen LogP contribution in [0, 0.1) is 0 Å². The molecule has 0 aromatic carbocycles.